The Morgan fingerprint density at radius 2 is 2.50 bits per heavy atom. The molecule has 1 atom stereocenters. The van der Waals surface area contributed by atoms with Crippen molar-refractivity contribution < 1.29 is 9.32 Å². The molecule has 1 amide bonds. The van der Waals surface area contributed by atoms with Crippen molar-refractivity contribution in [3.63, 3.8) is 0 Å². The number of hydrogen-bond donors (Lipinski definition) is 1. The summed E-state index contributed by atoms with van der Waals surface area (Å²) in [5, 5.41) is 16.9. The molecule has 0 aromatic carbocycles. The van der Waals surface area contributed by atoms with Crippen LogP contribution in [-0.2, 0) is 0 Å². The standard InChI is InChI=1S/C10H12N6O2/c1-6-5-8(18-13-6)7-3-2-4-16(7)10(17)9-11-14-15-12-9/h5,7H,2-4H2,1H3,(H,11,12,14,15). The third-order valence-electron chi connectivity index (χ3n) is 3.02. The Hall–Kier alpha value is -2.25. The van der Waals surface area contributed by atoms with Crippen molar-refractivity contribution in [2.45, 2.75) is 25.8 Å². The highest BCUT2D eigenvalue weighted by molar-refractivity contribution is 5.90. The summed E-state index contributed by atoms with van der Waals surface area (Å²) < 4.78 is 5.24. The highest BCUT2D eigenvalue weighted by Crippen LogP contribution is 2.32. The molecule has 1 fully saturated rings. The molecule has 0 spiro atoms. The number of nitrogens with one attached hydrogen (secondary N) is 1. The van der Waals surface area contributed by atoms with Crippen LogP contribution in [0.3, 0.4) is 0 Å². The molecule has 1 saturated heterocycles. The minimum Gasteiger partial charge on any atom is -0.359 e. The summed E-state index contributed by atoms with van der Waals surface area (Å²) in [4.78, 5) is 13.9. The smallest absolute Gasteiger partial charge is 0.296 e. The van der Waals surface area contributed by atoms with Gasteiger partial charge in [-0.2, -0.15) is 5.21 Å². The second-order valence-electron chi connectivity index (χ2n) is 4.26. The summed E-state index contributed by atoms with van der Waals surface area (Å²) in [6, 6.07) is 1.77. The van der Waals surface area contributed by atoms with Gasteiger partial charge in [-0.15, -0.1) is 10.2 Å². The Balaban J connectivity index is 1.85. The highest BCUT2D eigenvalue weighted by Gasteiger charge is 2.34. The van der Waals surface area contributed by atoms with Crippen LogP contribution >= 0.6 is 0 Å². The zero-order valence-corrected chi connectivity index (χ0v) is 9.83. The van der Waals surface area contributed by atoms with Gasteiger partial charge in [-0.3, -0.25) is 4.79 Å². The molecular weight excluding hydrogens is 236 g/mol. The van der Waals surface area contributed by atoms with Crippen LogP contribution in [0.2, 0.25) is 0 Å². The number of aromatic amines is 1. The Morgan fingerprint density at radius 3 is 3.17 bits per heavy atom. The lowest BCUT2D eigenvalue weighted by molar-refractivity contribution is 0.0702. The lowest BCUT2D eigenvalue weighted by atomic mass is 10.1. The molecule has 8 heteroatoms. The molecule has 3 rings (SSSR count). The summed E-state index contributed by atoms with van der Waals surface area (Å²) in [6.45, 7) is 2.52. The molecule has 2 aromatic rings. The molecule has 1 aliphatic rings. The highest BCUT2D eigenvalue weighted by atomic mass is 16.5. The van der Waals surface area contributed by atoms with Crippen LogP contribution in [0.25, 0.3) is 0 Å². The number of carbonyl (C=O) groups excluding carboxylic acids is 1. The first-order chi connectivity index (χ1) is 8.75. The van der Waals surface area contributed by atoms with E-state index in [9.17, 15) is 4.79 Å². The largest absolute Gasteiger partial charge is 0.359 e. The molecule has 0 radical (unpaired) electrons. The number of rotatable bonds is 2. The Morgan fingerprint density at radius 1 is 1.61 bits per heavy atom. The van der Waals surface area contributed by atoms with E-state index in [1.54, 1.807) is 4.90 Å². The zero-order valence-electron chi connectivity index (χ0n) is 9.83. The molecule has 1 unspecified atom stereocenters. The number of H-pyrrole nitrogens is 1. The summed E-state index contributed by atoms with van der Waals surface area (Å²) in [6.07, 6.45) is 1.78. The van der Waals surface area contributed by atoms with Gasteiger partial charge in [-0.05, 0) is 25.0 Å². The first-order valence-corrected chi connectivity index (χ1v) is 5.73. The molecule has 8 nitrogen and oxygen atoms in total. The average molecular weight is 248 g/mol. The topological polar surface area (TPSA) is 101 Å². The van der Waals surface area contributed by atoms with Gasteiger partial charge in [0, 0.05) is 12.6 Å². The van der Waals surface area contributed by atoms with Crippen molar-refractivity contribution in [3.05, 3.63) is 23.3 Å². The van der Waals surface area contributed by atoms with Crippen molar-refractivity contribution in [3.8, 4) is 0 Å². The van der Waals surface area contributed by atoms with E-state index in [0.717, 1.165) is 18.5 Å². The molecule has 18 heavy (non-hydrogen) atoms. The molecule has 0 aliphatic carbocycles. The van der Waals surface area contributed by atoms with Crippen LogP contribution < -0.4 is 0 Å². The maximum absolute atomic E-state index is 12.2. The molecule has 3 heterocycles. The van der Waals surface area contributed by atoms with Crippen LogP contribution in [0.15, 0.2) is 10.6 Å². The maximum Gasteiger partial charge on any atom is 0.296 e. The number of tetrazole rings is 1. The van der Waals surface area contributed by atoms with Crippen molar-refractivity contribution in [1.82, 2.24) is 30.7 Å². The van der Waals surface area contributed by atoms with E-state index in [1.807, 2.05) is 13.0 Å². The third-order valence-corrected chi connectivity index (χ3v) is 3.02. The molecule has 94 valence electrons. The number of aryl methyl sites for hydroxylation is 1. The predicted molar refractivity (Wildman–Crippen MR) is 58.4 cm³/mol. The average Bonchev–Trinajstić information content (AvgIpc) is 3.09. The molecule has 2 aromatic heterocycles. The normalized spacial score (nSPS) is 19.4. The lowest BCUT2D eigenvalue weighted by Crippen LogP contribution is -2.31. The second-order valence-corrected chi connectivity index (χ2v) is 4.26. The predicted octanol–water partition coefficient (Wildman–Crippen LogP) is 0.473. The number of nitrogens with zero attached hydrogens (tertiary/aromatic N) is 5. The zero-order chi connectivity index (χ0) is 12.5. The quantitative estimate of drug-likeness (QED) is 0.829. The van der Waals surface area contributed by atoms with Gasteiger partial charge in [0.15, 0.2) is 5.76 Å². The molecule has 0 bridgehead atoms. The Labute approximate surface area is 102 Å². The van der Waals surface area contributed by atoms with Gasteiger partial charge < -0.3 is 9.42 Å². The van der Waals surface area contributed by atoms with Crippen LogP contribution in [0, 0.1) is 6.92 Å². The third kappa shape index (κ3) is 1.75. The fourth-order valence-corrected chi connectivity index (χ4v) is 2.23. The molecular formula is C10H12N6O2. The number of hydrogen-bond acceptors (Lipinski definition) is 6. The number of likely N-dealkylation sites (tertiary alicyclic amines) is 1. The van der Waals surface area contributed by atoms with E-state index in [1.165, 1.54) is 0 Å². The summed E-state index contributed by atoms with van der Waals surface area (Å²) >= 11 is 0. The van der Waals surface area contributed by atoms with Crippen molar-refractivity contribution >= 4 is 5.91 Å². The van der Waals surface area contributed by atoms with E-state index >= 15 is 0 Å². The van der Waals surface area contributed by atoms with Crippen molar-refractivity contribution in [2.75, 3.05) is 6.54 Å². The van der Waals surface area contributed by atoms with Crippen LogP contribution in [0.4, 0.5) is 0 Å². The fourth-order valence-electron chi connectivity index (χ4n) is 2.23. The first-order valence-electron chi connectivity index (χ1n) is 5.73. The molecule has 1 N–H and O–H groups in total. The second kappa shape index (κ2) is 4.21. The number of amides is 1. The van der Waals surface area contributed by atoms with Crippen LogP contribution in [-0.4, -0.2) is 43.1 Å². The van der Waals surface area contributed by atoms with E-state index in [4.69, 9.17) is 4.52 Å². The van der Waals surface area contributed by atoms with E-state index in [-0.39, 0.29) is 17.8 Å². The van der Waals surface area contributed by atoms with Gasteiger partial charge in [-0.1, -0.05) is 5.16 Å². The molecule has 0 saturated carbocycles. The maximum atomic E-state index is 12.2. The van der Waals surface area contributed by atoms with Gasteiger partial charge >= 0.3 is 0 Å². The number of carbonyl (C=O) groups is 1. The monoisotopic (exact) mass is 248 g/mol. The van der Waals surface area contributed by atoms with Crippen LogP contribution in [0.5, 0.6) is 0 Å². The van der Waals surface area contributed by atoms with Gasteiger partial charge in [-0.25, -0.2) is 0 Å². The van der Waals surface area contributed by atoms with E-state index in [2.05, 4.69) is 25.8 Å². The minimum absolute atomic E-state index is 0.0816. The van der Waals surface area contributed by atoms with Crippen molar-refractivity contribution in [1.29, 1.82) is 0 Å². The molecule has 1 aliphatic heterocycles. The SMILES string of the molecule is Cc1cc(C2CCCN2C(=O)c2nn[nH]n2)on1. The van der Waals surface area contributed by atoms with Gasteiger partial charge in [0.1, 0.15) is 0 Å². The van der Waals surface area contributed by atoms with Gasteiger partial charge in [0.05, 0.1) is 11.7 Å². The van der Waals surface area contributed by atoms with Gasteiger partial charge in [0.25, 0.3) is 11.7 Å². The summed E-state index contributed by atoms with van der Waals surface area (Å²) in [5.74, 6) is 0.556. The Kier molecular flexibility index (Phi) is 2.54. The number of aromatic nitrogens is 5. The minimum atomic E-state index is -0.236. The lowest BCUT2D eigenvalue weighted by Gasteiger charge is -2.20. The summed E-state index contributed by atoms with van der Waals surface area (Å²) in [7, 11) is 0. The van der Waals surface area contributed by atoms with E-state index in [0.29, 0.717) is 12.3 Å². The van der Waals surface area contributed by atoms with Gasteiger partial charge in [0.2, 0.25) is 0 Å². The fraction of sp³-hybridized carbons (Fsp3) is 0.500. The van der Waals surface area contributed by atoms with Crippen molar-refractivity contribution in [2.24, 2.45) is 0 Å². The van der Waals surface area contributed by atoms with E-state index < -0.39 is 0 Å². The van der Waals surface area contributed by atoms with Crippen LogP contribution in [0.1, 0.15) is 41.0 Å². The summed E-state index contributed by atoms with van der Waals surface area (Å²) in [5.41, 5.74) is 0.809. The first kappa shape index (κ1) is 10.9. The Bertz CT molecular complexity index is 548.